The molecule has 0 spiro atoms. The molecule has 3 aromatic rings. The molecule has 0 radical (unpaired) electrons. The van der Waals surface area contributed by atoms with Crippen molar-refractivity contribution in [1.29, 1.82) is 0 Å². The second kappa shape index (κ2) is 8.28. The maximum atomic E-state index is 13.0. The van der Waals surface area contributed by atoms with E-state index >= 15 is 0 Å². The minimum atomic E-state index is -0.762. The monoisotopic (exact) mass is 373 g/mol. The fourth-order valence-electron chi connectivity index (χ4n) is 3.62. The van der Waals surface area contributed by atoms with Gasteiger partial charge in [-0.05, 0) is 34.4 Å². The van der Waals surface area contributed by atoms with E-state index in [1.807, 2.05) is 78.9 Å². The number of aliphatic hydroxyl groups is 1. The molecule has 1 atom stereocenters. The number of carbonyl (C=O) groups excluding carboxylic acids is 1. The Bertz CT molecular complexity index is 901. The van der Waals surface area contributed by atoms with Crippen molar-refractivity contribution < 1.29 is 14.6 Å². The van der Waals surface area contributed by atoms with Crippen LogP contribution in [0.15, 0.2) is 78.9 Å². The summed E-state index contributed by atoms with van der Waals surface area (Å²) in [5.41, 5.74) is 3.75. The van der Waals surface area contributed by atoms with E-state index in [-0.39, 0.29) is 12.5 Å². The highest BCUT2D eigenvalue weighted by Crippen LogP contribution is 2.28. The number of hydrogen-bond acceptors (Lipinski definition) is 3. The number of rotatable bonds is 6. The van der Waals surface area contributed by atoms with Gasteiger partial charge in [-0.3, -0.25) is 4.79 Å². The van der Waals surface area contributed by atoms with E-state index in [9.17, 15) is 9.90 Å². The van der Waals surface area contributed by atoms with Gasteiger partial charge in [-0.2, -0.15) is 0 Å². The number of ether oxygens (including phenoxy) is 1. The van der Waals surface area contributed by atoms with Crippen LogP contribution in [0.2, 0.25) is 0 Å². The first kappa shape index (κ1) is 18.3. The summed E-state index contributed by atoms with van der Waals surface area (Å²) in [6, 6.07) is 25.1. The van der Waals surface area contributed by atoms with E-state index in [1.54, 1.807) is 0 Å². The van der Waals surface area contributed by atoms with Crippen molar-refractivity contribution in [3.05, 3.63) is 101 Å². The smallest absolute Gasteiger partial charge is 0.232 e. The van der Waals surface area contributed by atoms with Crippen LogP contribution in [0.4, 0.5) is 0 Å². The number of benzene rings is 3. The molecule has 1 amide bonds. The third kappa shape index (κ3) is 3.92. The number of hydrogen-bond donors (Lipinski definition) is 2. The minimum absolute atomic E-state index is 0.124. The Balaban J connectivity index is 1.49. The van der Waals surface area contributed by atoms with Gasteiger partial charge < -0.3 is 15.2 Å². The van der Waals surface area contributed by atoms with Crippen molar-refractivity contribution in [2.75, 3.05) is 13.2 Å². The van der Waals surface area contributed by atoms with E-state index in [0.717, 1.165) is 34.4 Å². The summed E-state index contributed by atoms with van der Waals surface area (Å²) in [5, 5.41) is 13.5. The fourth-order valence-corrected chi connectivity index (χ4v) is 3.62. The van der Waals surface area contributed by atoms with Gasteiger partial charge >= 0.3 is 0 Å². The SMILES string of the molecule is O=C(NCC(O)c1ccc2c(c1)CCO2)C(c1ccccc1)c1ccccc1. The fraction of sp³-hybridized carbons (Fsp3) is 0.208. The molecule has 0 aromatic heterocycles. The highest BCUT2D eigenvalue weighted by atomic mass is 16.5. The Kier molecular flexibility index (Phi) is 5.40. The van der Waals surface area contributed by atoms with Gasteiger partial charge in [0.15, 0.2) is 0 Å². The van der Waals surface area contributed by atoms with Crippen molar-refractivity contribution >= 4 is 5.91 Å². The lowest BCUT2D eigenvalue weighted by Crippen LogP contribution is -2.33. The molecule has 1 unspecified atom stereocenters. The zero-order chi connectivity index (χ0) is 19.3. The number of fused-ring (bicyclic) bond motifs is 1. The Labute approximate surface area is 164 Å². The Hall–Kier alpha value is -3.11. The molecule has 4 heteroatoms. The molecule has 2 N–H and O–H groups in total. The molecule has 0 aliphatic carbocycles. The van der Waals surface area contributed by atoms with Crippen molar-refractivity contribution in [1.82, 2.24) is 5.32 Å². The van der Waals surface area contributed by atoms with E-state index in [0.29, 0.717) is 6.61 Å². The largest absolute Gasteiger partial charge is 0.493 e. The van der Waals surface area contributed by atoms with E-state index in [4.69, 9.17) is 4.74 Å². The predicted molar refractivity (Wildman–Crippen MR) is 108 cm³/mol. The number of carbonyl (C=O) groups is 1. The van der Waals surface area contributed by atoms with E-state index in [1.165, 1.54) is 0 Å². The summed E-state index contributed by atoms with van der Waals surface area (Å²) in [7, 11) is 0. The van der Waals surface area contributed by atoms with Crippen molar-refractivity contribution in [2.45, 2.75) is 18.4 Å². The molecule has 0 bridgehead atoms. The molecule has 4 rings (SSSR count). The quantitative estimate of drug-likeness (QED) is 0.694. The summed E-state index contributed by atoms with van der Waals surface area (Å²) in [6.07, 6.45) is 0.0915. The highest BCUT2D eigenvalue weighted by Gasteiger charge is 2.23. The number of nitrogens with one attached hydrogen (secondary N) is 1. The van der Waals surface area contributed by atoms with Gasteiger partial charge in [-0.15, -0.1) is 0 Å². The topological polar surface area (TPSA) is 58.6 Å². The molecule has 0 saturated carbocycles. The molecule has 28 heavy (non-hydrogen) atoms. The van der Waals surface area contributed by atoms with E-state index in [2.05, 4.69) is 5.32 Å². The molecular formula is C24H23NO3. The Morgan fingerprint density at radius 3 is 2.21 bits per heavy atom. The first-order chi connectivity index (χ1) is 13.7. The molecular weight excluding hydrogens is 350 g/mol. The highest BCUT2D eigenvalue weighted by molar-refractivity contribution is 5.87. The molecule has 4 nitrogen and oxygen atoms in total. The molecule has 1 heterocycles. The van der Waals surface area contributed by atoms with Gasteiger partial charge in [-0.1, -0.05) is 66.7 Å². The summed E-state index contributed by atoms with van der Waals surface area (Å²) in [5.74, 6) is 0.345. The van der Waals surface area contributed by atoms with Gasteiger partial charge in [0, 0.05) is 13.0 Å². The first-order valence-corrected chi connectivity index (χ1v) is 9.53. The minimum Gasteiger partial charge on any atom is -0.493 e. The number of amides is 1. The second-order valence-corrected chi connectivity index (χ2v) is 6.98. The summed E-state index contributed by atoms with van der Waals surface area (Å²) in [6.45, 7) is 0.843. The van der Waals surface area contributed by atoms with Gasteiger partial charge in [-0.25, -0.2) is 0 Å². The van der Waals surface area contributed by atoms with Crippen LogP contribution in [0.25, 0.3) is 0 Å². The standard InChI is InChI=1S/C24H23NO3/c26-21(19-11-12-22-20(15-19)13-14-28-22)16-25-24(27)23(17-7-3-1-4-8-17)18-9-5-2-6-10-18/h1-12,15,21,23,26H,13-14,16H2,(H,25,27). The maximum Gasteiger partial charge on any atom is 0.232 e. The van der Waals surface area contributed by atoms with Crippen LogP contribution in [0.5, 0.6) is 5.75 Å². The van der Waals surface area contributed by atoms with Crippen molar-refractivity contribution in [3.8, 4) is 5.75 Å². The van der Waals surface area contributed by atoms with Crippen LogP contribution in [-0.4, -0.2) is 24.2 Å². The van der Waals surface area contributed by atoms with Crippen LogP contribution >= 0.6 is 0 Å². The average molecular weight is 373 g/mol. The maximum absolute atomic E-state index is 13.0. The molecule has 0 saturated heterocycles. The first-order valence-electron chi connectivity index (χ1n) is 9.53. The van der Waals surface area contributed by atoms with Crippen LogP contribution < -0.4 is 10.1 Å². The predicted octanol–water partition coefficient (Wildman–Crippen LogP) is 3.60. The van der Waals surface area contributed by atoms with Gasteiger partial charge in [0.1, 0.15) is 5.75 Å². The van der Waals surface area contributed by atoms with Crippen molar-refractivity contribution in [3.63, 3.8) is 0 Å². The normalized spacial score (nSPS) is 13.6. The summed E-state index contributed by atoms with van der Waals surface area (Å²) in [4.78, 5) is 13.0. The molecule has 1 aliphatic rings. The molecule has 0 fully saturated rings. The third-order valence-corrected chi connectivity index (χ3v) is 5.10. The van der Waals surface area contributed by atoms with E-state index < -0.39 is 12.0 Å². The molecule has 142 valence electrons. The summed E-state index contributed by atoms with van der Waals surface area (Å²) >= 11 is 0. The second-order valence-electron chi connectivity index (χ2n) is 6.98. The van der Waals surface area contributed by atoms with Gasteiger partial charge in [0.05, 0.1) is 18.6 Å². The summed E-state index contributed by atoms with van der Waals surface area (Å²) < 4.78 is 5.51. The molecule has 3 aromatic carbocycles. The Morgan fingerprint density at radius 2 is 1.57 bits per heavy atom. The van der Waals surface area contributed by atoms with Gasteiger partial charge in [0.2, 0.25) is 5.91 Å². The van der Waals surface area contributed by atoms with Crippen LogP contribution in [0.3, 0.4) is 0 Å². The Morgan fingerprint density at radius 1 is 0.929 bits per heavy atom. The zero-order valence-electron chi connectivity index (χ0n) is 15.5. The van der Waals surface area contributed by atoms with Crippen molar-refractivity contribution in [2.24, 2.45) is 0 Å². The third-order valence-electron chi connectivity index (χ3n) is 5.10. The lowest BCUT2D eigenvalue weighted by Gasteiger charge is -2.19. The molecule has 1 aliphatic heterocycles. The van der Waals surface area contributed by atoms with Crippen LogP contribution in [0, 0.1) is 0 Å². The lowest BCUT2D eigenvalue weighted by molar-refractivity contribution is -0.122. The van der Waals surface area contributed by atoms with Crippen LogP contribution in [0.1, 0.15) is 34.3 Å². The zero-order valence-corrected chi connectivity index (χ0v) is 15.5. The van der Waals surface area contributed by atoms with Crippen LogP contribution in [-0.2, 0) is 11.2 Å². The lowest BCUT2D eigenvalue weighted by atomic mass is 9.90. The van der Waals surface area contributed by atoms with Gasteiger partial charge in [0.25, 0.3) is 0 Å². The number of aliphatic hydroxyl groups excluding tert-OH is 1. The average Bonchev–Trinajstić information content (AvgIpc) is 3.22.